The second-order valence-corrected chi connectivity index (χ2v) is 10.9. The van der Waals surface area contributed by atoms with Crippen LogP contribution in [-0.4, -0.2) is 48.9 Å². The fourth-order valence-corrected chi connectivity index (χ4v) is 5.00. The Labute approximate surface area is 221 Å². The van der Waals surface area contributed by atoms with Gasteiger partial charge in [0, 0.05) is 30.7 Å². The van der Waals surface area contributed by atoms with E-state index in [2.05, 4.69) is 15.2 Å². The zero-order valence-electron chi connectivity index (χ0n) is 21.0. The van der Waals surface area contributed by atoms with Crippen molar-refractivity contribution < 1.29 is 31.1 Å². The van der Waals surface area contributed by atoms with Crippen molar-refractivity contribution in [3.63, 3.8) is 0 Å². The summed E-state index contributed by atoms with van der Waals surface area (Å²) >= 11 is 0. The van der Waals surface area contributed by atoms with Crippen LogP contribution in [0.1, 0.15) is 5.56 Å². The molecule has 0 aliphatic rings. The summed E-state index contributed by atoms with van der Waals surface area (Å²) in [5, 5.41) is 7.63. The lowest BCUT2D eigenvalue weighted by Crippen LogP contribution is -2.30. The molecule has 39 heavy (non-hydrogen) atoms. The summed E-state index contributed by atoms with van der Waals surface area (Å²) in [6.07, 6.45) is -4.85. The lowest BCUT2D eigenvalue weighted by molar-refractivity contribution is -0.274. The summed E-state index contributed by atoms with van der Waals surface area (Å²) in [6, 6.07) is 15.9. The Bertz CT molecular complexity index is 1720. The van der Waals surface area contributed by atoms with E-state index in [1.807, 2.05) is 0 Å². The number of nitrogens with zero attached hydrogens (tertiary/aromatic N) is 3. The van der Waals surface area contributed by atoms with E-state index in [-0.39, 0.29) is 16.0 Å². The molecular formula is C26H23F3N4O5S. The van der Waals surface area contributed by atoms with Gasteiger partial charge in [0.1, 0.15) is 12.3 Å². The van der Waals surface area contributed by atoms with Gasteiger partial charge in [-0.25, -0.2) is 17.4 Å². The molecule has 9 nitrogen and oxygen atoms in total. The smallest absolute Gasteiger partial charge is 0.406 e. The summed E-state index contributed by atoms with van der Waals surface area (Å²) in [7, 11) is -0.932. The molecule has 3 aromatic carbocycles. The van der Waals surface area contributed by atoms with Crippen LogP contribution in [0.3, 0.4) is 0 Å². The lowest BCUT2D eigenvalue weighted by Gasteiger charge is -2.16. The van der Waals surface area contributed by atoms with Gasteiger partial charge in [-0.15, -0.1) is 13.2 Å². The highest BCUT2D eigenvalue weighted by molar-refractivity contribution is 7.89. The third kappa shape index (κ3) is 6.10. The number of amides is 1. The summed E-state index contributed by atoms with van der Waals surface area (Å²) in [5.41, 5.74) is 0.872. The average molecular weight is 561 g/mol. The number of nitrogens with one attached hydrogen (secondary N) is 1. The second kappa shape index (κ2) is 10.5. The van der Waals surface area contributed by atoms with Crippen molar-refractivity contribution in [3.8, 4) is 17.0 Å². The largest absolute Gasteiger partial charge is 0.573 e. The number of hydrogen-bond acceptors (Lipinski definition) is 6. The van der Waals surface area contributed by atoms with Crippen LogP contribution in [-0.2, 0) is 21.4 Å². The van der Waals surface area contributed by atoms with Crippen LogP contribution < -0.4 is 15.6 Å². The fourth-order valence-electron chi connectivity index (χ4n) is 3.85. The van der Waals surface area contributed by atoms with E-state index in [1.165, 1.54) is 32.3 Å². The topological polar surface area (TPSA) is 111 Å². The first-order valence-electron chi connectivity index (χ1n) is 11.5. The second-order valence-electron chi connectivity index (χ2n) is 8.75. The number of benzene rings is 3. The van der Waals surface area contributed by atoms with E-state index in [0.29, 0.717) is 22.2 Å². The van der Waals surface area contributed by atoms with Crippen LogP contribution in [0, 0.1) is 6.92 Å². The Hall–Kier alpha value is -4.23. The van der Waals surface area contributed by atoms with E-state index in [4.69, 9.17) is 0 Å². The molecule has 4 aromatic rings. The molecule has 0 unspecified atom stereocenters. The number of aromatic nitrogens is 2. The van der Waals surface area contributed by atoms with E-state index in [1.54, 1.807) is 43.3 Å². The predicted octanol–water partition coefficient (Wildman–Crippen LogP) is 4.16. The molecule has 1 aromatic heterocycles. The summed E-state index contributed by atoms with van der Waals surface area (Å²) in [6.45, 7) is 1.16. The SMILES string of the molecule is Cc1ccc(-c2nn(CC(=O)Nc3ccc(OC(F)(F)F)cc3)c(=O)c3ccccc23)cc1S(=O)(=O)N(C)C. The maximum absolute atomic E-state index is 13.1. The summed E-state index contributed by atoms with van der Waals surface area (Å²) < 4.78 is 68.7. The Balaban J connectivity index is 1.70. The Kier molecular flexibility index (Phi) is 7.48. The van der Waals surface area contributed by atoms with Crippen molar-refractivity contribution in [2.45, 2.75) is 24.7 Å². The molecule has 0 aliphatic carbocycles. The first kappa shape index (κ1) is 27.8. The lowest BCUT2D eigenvalue weighted by atomic mass is 10.0. The van der Waals surface area contributed by atoms with E-state index in [0.717, 1.165) is 21.1 Å². The maximum atomic E-state index is 13.1. The highest BCUT2D eigenvalue weighted by Gasteiger charge is 2.31. The van der Waals surface area contributed by atoms with Crippen LogP contribution >= 0.6 is 0 Å². The number of rotatable bonds is 7. The fraction of sp³-hybridized carbons (Fsp3) is 0.192. The van der Waals surface area contributed by atoms with Crippen molar-refractivity contribution in [3.05, 3.63) is 82.6 Å². The first-order valence-corrected chi connectivity index (χ1v) is 12.9. The number of alkyl halides is 3. The molecular weight excluding hydrogens is 537 g/mol. The number of halogens is 3. The third-order valence-corrected chi connectivity index (χ3v) is 7.71. The highest BCUT2D eigenvalue weighted by Crippen LogP contribution is 2.29. The van der Waals surface area contributed by atoms with Gasteiger partial charge in [-0.1, -0.05) is 30.3 Å². The van der Waals surface area contributed by atoms with Crippen molar-refractivity contribution in [1.82, 2.24) is 14.1 Å². The van der Waals surface area contributed by atoms with Gasteiger partial charge in [-0.2, -0.15) is 5.10 Å². The molecule has 0 saturated heterocycles. The molecule has 0 radical (unpaired) electrons. The number of carbonyl (C=O) groups is 1. The van der Waals surface area contributed by atoms with Crippen LogP contribution in [0.2, 0.25) is 0 Å². The highest BCUT2D eigenvalue weighted by atomic mass is 32.2. The van der Waals surface area contributed by atoms with Crippen LogP contribution in [0.5, 0.6) is 5.75 Å². The van der Waals surface area contributed by atoms with Crippen molar-refractivity contribution >= 4 is 32.4 Å². The molecule has 1 amide bonds. The van der Waals surface area contributed by atoms with Gasteiger partial charge in [-0.3, -0.25) is 9.59 Å². The normalized spacial score (nSPS) is 12.1. The number of anilines is 1. The Morgan fingerprint density at radius 2 is 1.67 bits per heavy atom. The first-order chi connectivity index (χ1) is 18.3. The number of aryl methyl sites for hydroxylation is 1. The zero-order chi connectivity index (χ0) is 28.5. The Morgan fingerprint density at radius 3 is 2.28 bits per heavy atom. The quantitative estimate of drug-likeness (QED) is 0.364. The minimum atomic E-state index is -4.85. The average Bonchev–Trinajstić information content (AvgIpc) is 2.86. The third-order valence-electron chi connectivity index (χ3n) is 5.75. The van der Waals surface area contributed by atoms with Gasteiger partial charge >= 0.3 is 6.36 Å². The van der Waals surface area contributed by atoms with E-state index in [9.17, 15) is 31.2 Å². The summed E-state index contributed by atoms with van der Waals surface area (Å²) in [5.74, 6) is -1.11. The number of sulfonamides is 1. The molecule has 0 bridgehead atoms. The van der Waals surface area contributed by atoms with Gasteiger partial charge in [-0.05, 0) is 48.9 Å². The van der Waals surface area contributed by atoms with E-state index >= 15 is 0 Å². The number of hydrogen-bond donors (Lipinski definition) is 1. The molecule has 0 spiro atoms. The molecule has 1 N–H and O–H groups in total. The Morgan fingerprint density at radius 1 is 1.03 bits per heavy atom. The van der Waals surface area contributed by atoms with Crippen molar-refractivity contribution in [2.24, 2.45) is 0 Å². The molecule has 204 valence electrons. The minimum absolute atomic E-state index is 0.0734. The molecule has 0 aliphatic heterocycles. The molecule has 4 rings (SSSR count). The number of ether oxygens (including phenoxy) is 1. The summed E-state index contributed by atoms with van der Waals surface area (Å²) in [4.78, 5) is 25.9. The van der Waals surface area contributed by atoms with Crippen LogP contribution in [0.4, 0.5) is 18.9 Å². The van der Waals surface area contributed by atoms with Gasteiger partial charge < -0.3 is 10.1 Å². The number of carbonyl (C=O) groups excluding carboxylic acids is 1. The monoisotopic (exact) mass is 560 g/mol. The predicted molar refractivity (Wildman–Crippen MR) is 139 cm³/mol. The van der Waals surface area contributed by atoms with Crippen LogP contribution in [0.15, 0.2) is 76.4 Å². The number of fused-ring (bicyclic) bond motifs is 1. The van der Waals surface area contributed by atoms with Gasteiger partial charge in [0.2, 0.25) is 15.9 Å². The maximum Gasteiger partial charge on any atom is 0.573 e. The van der Waals surface area contributed by atoms with Gasteiger partial charge in [0.05, 0.1) is 16.0 Å². The minimum Gasteiger partial charge on any atom is -0.406 e. The molecule has 13 heteroatoms. The standard InChI is InChI=1S/C26H23F3N4O5S/c1-16-8-9-17(14-22(16)39(36,37)32(2)3)24-20-6-4-5-7-21(20)25(35)33(31-24)15-23(34)30-18-10-12-19(13-11-18)38-26(27,28)29/h4-14H,15H2,1-3H3,(H,30,34). The van der Waals surface area contributed by atoms with Gasteiger partial charge in [0.15, 0.2) is 0 Å². The molecule has 1 heterocycles. The van der Waals surface area contributed by atoms with Crippen LogP contribution in [0.25, 0.3) is 22.0 Å². The van der Waals surface area contributed by atoms with Crippen molar-refractivity contribution in [1.29, 1.82) is 0 Å². The van der Waals surface area contributed by atoms with Crippen molar-refractivity contribution in [2.75, 3.05) is 19.4 Å². The zero-order valence-corrected chi connectivity index (χ0v) is 21.8. The molecule has 0 saturated carbocycles. The van der Waals surface area contributed by atoms with E-state index < -0.39 is 40.1 Å². The molecule has 0 fully saturated rings. The molecule has 0 atom stereocenters. The van der Waals surface area contributed by atoms with Gasteiger partial charge in [0.25, 0.3) is 5.56 Å².